The Morgan fingerprint density at radius 1 is 1.26 bits per heavy atom. The summed E-state index contributed by atoms with van der Waals surface area (Å²) in [5.74, 6) is -0.355. The van der Waals surface area contributed by atoms with Crippen LogP contribution in [0.1, 0.15) is 41.7 Å². The third kappa shape index (κ3) is 4.29. The monoisotopic (exact) mass is 332 g/mol. The molecule has 6 heteroatoms. The number of nitrogens with one attached hydrogen (secondary N) is 1. The van der Waals surface area contributed by atoms with Gasteiger partial charge in [-0.1, -0.05) is 55.3 Å². The molecule has 0 radical (unpaired) electrons. The molecule has 2 aromatic rings. The number of carbonyl (C=O) groups is 1. The number of nitro benzene ring substituents is 1. The number of rotatable bonds is 6. The Hall–Kier alpha value is -2.40. The summed E-state index contributed by atoms with van der Waals surface area (Å²) in [7, 11) is 0. The molecule has 0 aliphatic heterocycles. The first-order valence-electron chi connectivity index (χ1n) is 7.32. The third-order valence-corrected chi connectivity index (χ3v) is 3.81. The number of hydrogen-bond acceptors (Lipinski definition) is 3. The summed E-state index contributed by atoms with van der Waals surface area (Å²) in [6, 6.07) is 13.6. The molecule has 0 saturated heterocycles. The van der Waals surface area contributed by atoms with Gasteiger partial charge in [-0.15, -0.1) is 0 Å². The van der Waals surface area contributed by atoms with E-state index in [1.165, 1.54) is 18.2 Å². The molecule has 2 rings (SSSR count). The van der Waals surface area contributed by atoms with E-state index in [0.717, 1.165) is 18.4 Å². The van der Waals surface area contributed by atoms with Crippen molar-refractivity contribution in [2.24, 2.45) is 0 Å². The standard InChI is InChI=1S/C17H17ClN2O3/c1-2-6-15(12-7-4-3-5-8-12)19-17(21)13-9-10-14(18)16(11-13)20(22)23/h3-5,7-11,15H,2,6H2,1H3,(H,19,21)/t15-/m1/s1. The van der Waals surface area contributed by atoms with Gasteiger partial charge in [0.15, 0.2) is 0 Å². The Bertz CT molecular complexity index is 704. The molecule has 0 heterocycles. The molecule has 0 aliphatic rings. The zero-order valence-corrected chi connectivity index (χ0v) is 13.4. The molecule has 0 spiro atoms. The Morgan fingerprint density at radius 2 is 1.96 bits per heavy atom. The molecule has 0 aromatic heterocycles. The van der Waals surface area contributed by atoms with Crippen LogP contribution in [-0.4, -0.2) is 10.8 Å². The van der Waals surface area contributed by atoms with Gasteiger partial charge in [-0.25, -0.2) is 0 Å². The summed E-state index contributed by atoms with van der Waals surface area (Å²) < 4.78 is 0. The molecule has 5 nitrogen and oxygen atoms in total. The van der Waals surface area contributed by atoms with Gasteiger partial charge in [0.25, 0.3) is 11.6 Å². The highest BCUT2D eigenvalue weighted by Gasteiger charge is 2.19. The minimum absolute atomic E-state index is 0.0136. The predicted octanol–water partition coefficient (Wildman–Crippen LogP) is 4.52. The highest BCUT2D eigenvalue weighted by Crippen LogP contribution is 2.26. The molecule has 120 valence electrons. The van der Waals surface area contributed by atoms with E-state index in [0.29, 0.717) is 0 Å². The van der Waals surface area contributed by atoms with Crippen LogP contribution in [0.15, 0.2) is 48.5 Å². The maximum atomic E-state index is 12.4. The first kappa shape index (κ1) is 17.0. The van der Waals surface area contributed by atoms with E-state index in [2.05, 4.69) is 5.32 Å². The molecular formula is C17H17ClN2O3. The molecular weight excluding hydrogens is 316 g/mol. The zero-order chi connectivity index (χ0) is 16.8. The van der Waals surface area contributed by atoms with Crippen LogP contribution in [0.4, 0.5) is 5.69 Å². The van der Waals surface area contributed by atoms with Crippen LogP contribution < -0.4 is 5.32 Å². The van der Waals surface area contributed by atoms with E-state index in [4.69, 9.17) is 11.6 Å². The van der Waals surface area contributed by atoms with Crippen molar-refractivity contribution in [1.29, 1.82) is 0 Å². The van der Waals surface area contributed by atoms with E-state index in [9.17, 15) is 14.9 Å². The second kappa shape index (κ2) is 7.74. The van der Waals surface area contributed by atoms with Gasteiger partial charge in [0, 0.05) is 11.6 Å². The van der Waals surface area contributed by atoms with Crippen LogP contribution >= 0.6 is 11.6 Å². The summed E-state index contributed by atoms with van der Waals surface area (Å²) >= 11 is 5.77. The van der Waals surface area contributed by atoms with Gasteiger partial charge in [-0.3, -0.25) is 14.9 Å². The molecule has 2 aromatic carbocycles. The van der Waals surface area contributed by atoms with Crippen LogP contribution in [0, 0.1) is 10.1 Å². The first-order valence-corrected chi connectivity index (χ1v) is 7.70. The number of carbonyl (C=O) groups excluding carboxylic acids is 1. The van der Waals surface area contributed by atoms with Gasteiger partial charge in [-0.05, 0) is 24.1 Å². The van der Waals surface area contributed by atoms with E-state index in [1.807, 2.05) is 37.3 Å². The summed E-state index contributed by atoms with van der Waals surface area (Å²) in [4.78, 5) is 22.7. The molecule has 1 amide bonds. The second-order valence-corrected chi connectivity index (χ2v) is 5.56. The van der Waals surface area contributed by atoms with Gasteiger partial charge in [0.1, 0.15) is 5.02 Å². The summed E-state index contributed by atoms with van der Waals surface area (Å²) in [5.41, 5.74) is 0.954. The van der Waals surface area contributed by atoms with E-state index >= 15 is 0 Å². The van der Waals surface area contributed by atoms with Crippen LogP contribution in [0.5, 0.6) is 0 Å². The SMILES string of the molecule is CCC[C@@H](NC(=O)c1ccc(Cl)c([N+](=O)[O-])c1)c1ccccc1. The van der Waals surface area contributed by atoms with Crippen LogP contribution in [0.25, 0.3) is 0 Å². The van der Waals surface area contributed by atoms with Gasteiger partial charge in [-0.2, -0.15) is 0 Å². The van der Waals surface area contributed by atoms with Crippen molar-refractivity contribution in [3.05, 3.63) is 74.8 Å². The minimum Gasteiger partial charge on any atom is -0.345 e. The maximum absolute atomic E-state index is 12.4. The molecule has 0 unspecified atom stereocenters. The molecule has 0 saturated carbocycles. The van der Waals surface area contributed by atoms with Crippen LogP contribution in [0.2, 0.25) is 5.02 Å². The lowest BCUT2D eigenvalue weighted by Gasteiger charge is -2.18. The van der Waals surface area contributed by atoms with E-state index < -0.39 is 4.92 Å². The van der Waals surface area contributed by atoms with E-state index in [1.54, 1.807) is 0 Å². The van der Waals surface area contributed by atoms with Crippen molar-refractivity contribution in [3.63, 3.8) is 0 Å². The first-order chi connectivity index (χ1) is 11.0. The number of halogens is 1. The molecule has 0 bridgehead atoms. The smallest absolute Gasteiger partial charge is 0.288 e. The number of benzene rings is 2. The van der Waals surface area contributed by atoms with Crippen molar-refractivity contribution >= 4 is 23.2 Å². The van der Waals surface area contributed by atoms with Crippen LogP contribution in [-0.2, 0) is 0 Å². The maximum Gasteiger partial charge on any atom is 0.288 e. The average molecular weight is 333 g/mol. The van der Waals surface area contributed by atoms with Crippen molar-refractivity contribution in [2.45, 2.75) is 25.8 Å². The lowest BCUT2D eigenvalue weighted by Crippen LogP contribution is -2.28. The summed E-state index contributed by atoms with van der Waals surface area (Å²) in [5, 5.41) is 13.9. The zero-order valence-electron chi connectivity index (χ0n) is 12.7. The van der Waals surface area contributed by atoms with Crippen molar-refractivity contribution in [2.75, 3.05) is 0 Å². The highest BCUT2D eigenvalue weighted by atomic mass is 35.5. The lowest BCUT2D eigenvalue weighted by atomic mass is 10.0. The Labute approximate surface area is 139 Å². The van der Waals surface area contributed by atoms with Crippen molar-refractivity contribution in [1.82, 2.24) is 5.32 Å². The Balaban J connectivity index is 2.22. The van der Waals surface area contributed by atoms with Gasteiger partial charge in [0.2, 0.25) is 0 Å². The second-order valence-electron chi connectivity index (χ2n) is 5.15. The number of hydrogen-bond donors (Lipinski definition) is 1. The fourth-order valence-electron chi connectivity index (χ4n) is 2.33. The average Bonchev–Trinajstić information content (AvgIpc) is 2.55. The molecule has 1 N–H and O–H groups in total. The quantitative estimate of drug-likeness (QED) is 0.624. The number of amides is 1. The summed E-state index contributed by atoms with van der Waals surface area (Å²) in [6.45, 7) is 2.04. The molecule has 1 atom stereocenters. The van der Waals surface area contributed by atoms with Crippen molar-refractivity contribution < 1.29 is 9.72 Å². The van der Waals surface area contributed by atoms with Crippen molar-refractivity contribution in [3.8, 4) is 0 Å². The third-order valence-electron chi connectivity index (χ3n) is 3.49. The normalized spacial score (nSPS) is 11.7. The Morgan fingerprint density at radius 3 is 2.57 bits per heavy atom. The number of nitro groups is 1. The molecule has 0 aliphatic carbocycles. The molecule has 23 heavy (non-hydrogen) atoms. The topological polar surface area (TPSA) is 72.2 Å². The van der Waals surface area contributed by atoms with Gasteiger partial charge in [0.05, 0.1) is 11.0 Å². The molecule has 0 fully saturated rings. The Kier molecular flexibility index (Phi) is 5.71. The van der Waals surface area contributed by atoms with E-state index in [-0.39, 0.29) is 28.2 Å². The van der Waals surface area contributed by atoms with Gasteiger partial charge < -0.3 is 5.32 Å². The highest BCUT2D eigenvalue weighted by molar-refractivity contribution is 6.32. The fraction of sp³-hybridized carbons (Fsp3) is 0.235. The fourth-order valence-corrected chi connectivity index (χ4v) is 2.52. The minimum atomic E-state index is -0.597. The number of nitrogens with zero attached hydrogens (tertiary/aromatic N) is 1. The van der Waals surface area contributed by atoms with Crippen LogP contribution in [0.3, 0.4) is 0 Å². The van der Waals surface area contributed by atoms with Gasteiger partial charge >= 0.3 is 0 Å². The lowest BCUT2D eigenvalue weighted by molar-refractivity contribution is -0.384. The summed E-state index contributed by atoms with van der Waals surface area (Å²) in [6.07, 6.45) is 1.69. The largest absolute Gasteiger partial charge is 0.345 e. The predicted molar refractivity (Wildman–Crippen MR) is 89.7 cm³/mol.